The van der Waals surface area contributed by atoms with Gasteiger partial charge >= 0.3 is 0 Å². The largest absolute Gasteiger partial charge is 0.497 e. The fraction of sp³-hybridized carbons (Fsp3) is 0.439. The Balaban J connectivity index is 0.832. The second-order valence-electron chi connectivity index (χ2n) is 21.7. The van der Waals surface area contributed by atoms with E-state index < -0.39 is 37.0 Å². The number of amides is 1. The Bertz CT molecular complexity index is 3120. The van der Waals surface area contributed by atoms with E-state index in [1.807, 2.05) is 25.1 Å². The molecule has 2 aliphatic heterocycles. The molecule has 390 valence electrons. The van der Waals surface area contributed by atoms with Gasteiger partial charge < -0.3 is 29.8 Å². The number of aliphatic hydroxyl groups is 1. The number of anilines is 2. The van der Waals surface area contributed by atoms with Gasteiger partial charge in [-0.25, -0.2) is 18.1 Å². The normalized spacial score (nSPS) is 21.6. The number of methoxy groups -OCH3 is 1. The van der Waals surface area contributed by atoms with Gasteiger partial charge in [-0.1, -0.05) is 50.2 Å². The van der Waals surface area contributed by atoms with E-state index in [1.165, 1.54) is 28.8 Å². The molecule has 1 spiro atoms. The minimum Gasteiger partial charge on any atom is -0.497 e. The summed E-state index contributed by atoms with van der Waals surface area (Å²) in [7, 11) is -2.87. The minimum absolute atomic E-state index is 0.0294. The Morgan fingerprint density at radius 1 is 0.932 bits per heavy atom. The van der Waals surface area contributed by atoms with Crippen LogP contribution in [-0.2, 0) is 16.6 Å². The van der Waals surface area contributed by atoms with Crippen LogP contribution >= 0.6 is 0 Å². The van der Waals surface area contributed by atoms with Crippen molar-refractivity contribution < 1.29 is 32.7 Å². The second-order valence-corrected chi connectivity index (χ2v) is 23.4. The first-order valence-corrected chi connectivity index (χ1v) is 27.5. The first-order valence-electron chi connectivity index (χ1n) is 26.1. The summed E-state index contributed by atoms with van der Waals surface area (Å²) in [4.78, 5) is 40.5. The number of piperazine rings is 1. The average Bonchev–Trinajstić information content (AvgIpc) is 3.86. The van der Waals surface area contributed by atoms with Crippen LogP contribution in [0.25, 0.3) is 11.0 Å². The van der Waals surface area contributed by atoms with Crippen LogP contribution in [0.2, 0.25) is 0 Å². The number of piperidine rings is 1. The summed E-state index contributed by atoms with van der Waals surface area (Å²) in [6.07, 6.45) is 10.4. The molecule has 6 aromatic rings. The summed E-state index contributed by atoms with van der Waals surface area (Å²) >= 11 is 0. The van der Waals surface area contributed by atoms with Crippen LogP contribution < -0.4 is 24.4 Å². The van der Waals surface area contributed by atoms with Crippen LogP contribution in [0, 0.1) is 21.4 Å². The predicted molar refractivity (Wildman–Crippen MR) is 287 cm³/mol. The topological polar surface area (TPSA) is 195 Å². The number of carbonyl (C=O) groups excluding carboxylic acids is 1. The molecule has 4 aliphatic rings. The fourth-order valence-electron chi connectivity index (χ4n) is 12.0. The van der Waals surface area contributed by atoms with Crippen molar-refractivity contribution >= 4 is 44.0 Å². The van der Waals surface area contributed by atoms with E-state index in [2.05, 4.69) is 91.0 Å². The van der Waals surface area contributed by atoms with Crippen LogP contribution in [-0.4, -0.2) is 102 Å². The first kappa shape index (κ1) is 51.0. The van der Waals surface area contributed by atoms with Crippen LogP contribution in [0.3, 0.4) is 0 Å². The molecule has 1 amide bonds. The van der Waals surface area contributed by atoms with Gasteiger partial charge in [0, 0.05) is 87.3 Å². The highest BCUT2D eigenvalue weighted by molar-refractivity contribution is 7.90. The number of sulfonamides is 1. The van der Waals surface area contributed by atoms with Gasteiger partial charge in [0.15, 0.2) is 0 Å². The molecule has 4 N–H and O–H groups in total. The van der Waals surface area contributed by atoms with Gasteiger partial charge in [0.1, 0.15) is 28.6 Å². The highest BCUT2D eigenvalue weighted by atomic mass is 32.2. The van der Waals surface area contributed by atoms with Crippen molar-refractivity contribution in [3.63, 3.8) is 0 Å². The molecular weight excluding hydrogens is 957 g/mol. The third-order valence-electron chi connectivity index (χ3n) is 16.3. The van der Waals surface area contributed by atoms with Crippen molar-refractivity contribution in [2.45, 2.75) is 107 Å². The summed E-state index contributed by atoms with van der Waals surface area (Å²) in [5.41, 5.74) is 4.83. The number of nitro benzene ring substituents is 1. The molecule has 2 saturated carbocycles. The molecule has 16 nitrogen and oxygen atoms in total. The van der Waals surface area contributed by atoms with Crippen molar-refractivity contribution in [1.29, 1.82) is 0 Å². The number of H-pyrrole nitrogens is 1. The van der Waals surface area contributed by atoms with Gasteiger partial charge in [-0.2, -0.15) is 0 Å². The van der Waals surface area contributed by atoms with E-state index >= 15 is 0 Å². The number of fused-ring (bicyclic) bond motifs is 1. The van der Waals surface area contributed by atoms with Gasteiger partial charge in [-0.3, -0.25) is 24.7 Å². The fourth-order valence-corrected chi connectivity index (χ4v) is 12.9. The number of hydrogen-bond acceptors (Lipinski definition) is 13. The summed E-state index contributed by atoms with van der Waals surface area (Å²) in [5.74, 6) is 1.04. The molecule has 17 heteroatoms. The summed E-state index contributed by atoms with van der Waals surface area (Å²) < 4.78 is 41.8. The number of carbonyl (C=O) groups is 1. The maximum absolute atomic E-state index is 14.1. The molecule has 2 aromatic heterocycles. The van der Waals surface area contributed by atoms with Crippen molar-refractivity contribution in [1.82, 2.24) is 24.5 Å². The molecule has 1 atom stereocenters. The number of rotatable bonds is 16. The number of nitrogens with zero attached hydrogens (tertiary/aromatic N) is 5. The summed E-state index contributed by atoms with van der Waals surface area (Å²) in [5, 5.41) is 26.5. The van der Waals surface area contributed by atoms with Crippen LogP contribution in [0.5, 0.6) is 17.2 Å². The standard InChI is InChI=1S/C57H68N8O8S/c1-38(2)47-10-5-6-11-48(47)52-37-62(36-40-8-7-9-44(28-40)72-4)26-27-64(52)43-32-57(33-43)21-24-63(25-22-57)42-12-14-49(53(30-42)73-45-29-41-18-23-58-54(41)60-35-45)55(66)61-74(70,71)46-13-15-50(51(31-46)65(68)69)59-34-39-16-19-56(3,67)20-17-39/h5-15,18,23,28-31,35,38-39,43,52,59,67H,16-17,19-22,24-27,32-34,36-37H2,1-4H3,(H,58,60)(H,61,66). The van der Waals surface area contributed by atoms with Gasteiger partial charge in [0.25, 0.3) is 21.6 Å². The maximum Gasteiger partial charge on any atom is 0.293 e. The van der Waals surface area contributed by atoms with Crippen LogP contribution in [0.4, 0.5) is 17.1 Å². The summed E-state index contributed by atoms with van der Waals surface area (Å²) in [6, 6.07) is 30.6. The number of benzene rings is 4. The van der Waals surface area contributed by atoms with Crippen LogP contribution in [0.1, 0.15) is 111 Å². The number of pyridine rings is 1. The molecule has 1 unspecified atom stereocenters. The second kappa shape index (κ2) is 21.0. The Hall–Kier alpha value is -6.53. The van der Waals surface area contributed by atoms with E-state index in [9.17, 15) is 28.4 Å². The highest BCUT2D eigenvalue weighted by Crippen LogP contribution is 2.53. The lowest BCUT2D eigenvalue weighted by Gasteiger charge is -2.58. The third kappa shape index (κ3) is 11.1. The Labute approximate surface area is 433 Å². The zero-order valence-corrected chi connectivity index (χ0v) is 43.6. The van der Waals surface area contributed by atoms with E-state index in [1.54, 1.807) is 37.7 Å². The van der Waals surface area contributed by atoms with Crippen molar-refractivity contribution in [3.8, 4) is 17.2 Å². The lowest BCUT2D eigenvalue weighted by Crippen LogP contribution is -2.60. The number of aromatic amines is 1. The smallest absolute Gasteiger partial charge is 0.293 e. The number of hydrogen-bond donors (Lipinski definition) is 4. The molecule has 4 aromatic carbocycles. The third-order valence-corrected chi connectivity index (χ3v) is 17.6. The average molecular weight is 1030 g/mol. The maximum atomic E-state index is 14.1. The Morgan fingerprint density at radius 3 is 2.47 bits per heavy atom. The van der Waals surface area contributed by atoms with Gasteiger partial charge in [-0.15, -0.1) is 0 Å². The highest BCUT2D eigenvalue weighted by Gasteiger charge is 2.50. The molecule has 2 saturated heterocycles. The van der Waals surface area contributed by atoms with E-state index in [0.29, 0.717) is 42.7 Å². The van der Waals surface area contributed by atoms with Crippen molar-refractivity contribution in [3.05, 3.63) is 142 Å². The Morgan fingerprint density at radius 2 is 1.72 bits per heavy atom. The Kier molecular flexibility index (Phi) is 14.5. The zero-order chi connectivity index (χ0) is 51.8. The molecule has 2 aliphatic carbocycles. The number of nitrogens with one attached hydrogen (secondary N) is 3. The van der Waals surface area contributed by atoms with Crippen molar-refractivity contribution in [2.24, 2.45) is 11.3 Å². The zero-order valence-electron chi connectivity index (χ0n) is 42.8. The SMILES string of the molecule is COc1cccc(CN2CCN(C3CC4(CCN(c5ccc(C(=O)NS(=O)(=O)c6ccc(NCC7CCC(C)(O)CC7)c([N+](=O)[O-])c6)c(Oc6cnc7[nH]ccc7c6)c5)CC4)C3)C(c3ccccc3C(C)C)C2)c1. The first-order chi connectivity index (χ1) is 35.5. The van der Waals surface area contributed by atoms with Gasteiger partial charge in [0.05, 0.1) is 34.3 Å². The lowest BCUT2D eigenvalue weighted by atomic mass is 9.59. The minimum atomic E-state index is -4.59. The molecule has 4 fully saturated rings. The molecule has 10 rings (SSSR count). The number of aromatic nitrogens is 2. The monoisotopic (exact) mass is 1020 g/mol. The van der Waals surface area contributed by atoms with Gasteiger partial charge in [0.2, 0.25) is 0 Å². The lowest BCUT2D eigenvalue weighted by molar-refractivity contribution is -0.384. The number of nitro groups is 1. The van der Waals surface area contributed by atoms with Crippen LogP contribution in [0.15, 0.2) is 114 Å². The summed E-state index contributed by atoms with van der Waals surface area (Å²) in [6.45, 7) is 12.3. The molecule has 74 heavy (non-hydrogen) atoms. The van der Waals surface area contributed by atoms with E-state index in [0.717, 1.165) is 101 Å². The quantitative estimate of drug-likeness (QED) is 0.0529. The van der Waals surface area contributed by atoms with E-state index in [-0.39, 0.29) is 34.4 Å². The van der Waals surface area contributed by atoms with Gasteiger partial charge in [-0.05, 0) is 141 Å². The number of ether oxygens (including phenoxy) is 2. The molecule has 4 heterocycles. The molecule has 0 bridgehead atoms. The van der Waals surface area contributed by atoms with E-state index in [4.69, 9.17) is 9.47 Å². The molecular formula is C57H68N8O8S. The predicted octanol–water partition coefficient (Wildman–Crippen LogP) is 10.2. The van der Waals surface area contributed by atoms with Crippen molar-refractivity contribution in [2.75, 3.05) is 56.6 Å². The molecule has 0 radical (unpaired) electrons.